The van der Waals surface area contributed by atoms with Crippen molar-refractivity contribution in [3.8, 4) is 0 Å². The van der Waals surface area contributed by atoms with Crippen molar-refractivity contribution in [3.63, 3.8) is 0 Å². The van der Waals surface area contributed by atoms with E-state index in [1.54, 1.807) is 11.3 Å². The number of aryl methyl sites for hydroxylation is 2. The molecule has 4 heteroatoms. The number of rotatable bonds is 5. The lowest BCUT2D eigenvalue weighted by Crippen LogP contribution is -2.02. The minimum absolute atomic E-state index is 0.238. The van der Waals surface area contributed by atoms with Crippen LogP contribution in [0.3, 0.4) is 0 Å². The monoisotopic (exact) mass is 290 g/mol. The summed E-state index contributed by atoms with van der Waals surface area (Å²) in [6.45, 7) is 8.80. The third kappa shape index (κ3) is 3.81. The molecule has 0 unspecified atom stereocenters. The van der Waals surface area contributed by atoms with Crippen molar-refractivity contribution in [1.29, 1.82) is 0 Å². The number of nitrogen functional groups attached to an aromatic ring is 1. The van der Waals surface area contributed by atoms with Gasteiger partial charge in [0.25, 0.3) is 0 Å². The second-order valence-corrected chi connectivity index (χ2v) is 6.35. The maximum absolute atomic E-state index is 5.93. The Balaban J connectivity index is 2.09. The molecular weight excluding hydrogens is 268 g/mol. The van der Waals surface area contributed by atoms with Crippen molar-refractivity contribution >= 4 is 17.0 Å². The molecule has 0 saturated carbocycles. The number of hydrogen-bond acceptors (Lipinski definition) is 4. The van der Waals surface area contributed by atoms with E-state index in [0.29, 0.717) is 6.61 Å². The second kappa shape index (κ2) is 6.37. The Morgan fingerprint density at radius 2 is 2.00 bits per heavy atom. The van der Waals surface area contributed by atoms with Crippen LogP contribution in [-0.4, -0.2) is 11.1 Å². The lowest BCUT2D eigenvalue weighted by Gasteiger charge is -2.08. The highest BCUT2D eigenvalue weighted by molar-refractivity contribution is 7.09. The number of hydrogen-bond donors (Lipinski definition) is 1. The van der Waals surface area contributed by atoms with E-state index >= 15 is 0 Å². The SMILES string of the molecule is Cc1cc(Cc2nc(COC(C)C)cs2)c(C)cc1N. The first-order valence-corrected chi connectivity index (χ1v) is 7.74. The van der Waals surface area contributed by atoms with Gasteiger partial charge in [0, 0.05) is 17.5 Å². The van der Waals surface area contributed by atoms with E-state index in [9.17, 15) is 0 Å². The van der Waals surface area contributed by atoms with Crippen LogP contribution in [0.2, 0.25) is 0 Å². The van der Waals surface area contributed by atoms with Gasteiger partial charge in [-0.05, 0) is 50.5 Å². The summed E-state index contributed by atoms with van der Waals surface area (Å²) in [6, 6.07) is 4.21. The highest BCUT2D eigenvalue weighted by atomic mass is 32.1. The van der Waals surface area contributed by atoms with Crippen molar-refractivity contribution in [3.05, 3.63) is 44.9 Å². The first-order chi connectivity index (χ1) is 9.45. The molecular formula is C16H22N2OS. The highest BCUT2D eigenvalue weighted by Gasteiger charge is 2.08. The Morgan fingerprint density at radius 3 is 2.70 bits per heavy atom. The van der Waals surface area contributed by atoms with Gasteiger partial charge in [0.15, 0.2) is 0 Å². The third-order valence-electron chi connectivity index (χ3n) is 3.23. The van der Waals surface area contributed by atoms with Crippen molar-refractivity contribution in [2.75, 3.05) is 5.73 Å². The van der Waals surface area contributed by atoms with Gasteiger partial charge in [-0.25, -0.2) is 4.98 Å². The van der Waals surface area contributed by atoms with Crippen LogP contribution < -0.4 is 5.73 Å². The smallest absolute Gasteiger partial charge is 0.0973 e. The third-order valence-corrected chi connectivity index (χ3v) is 4.13. The molecule has 108 valence electrons. The maximum Gasteiger partial charge on any atom is 0.0973 e. The quantitative estimate of drug-likeness (QED) is 0.851. The Labute approximate surface area is 124 Å². The molecule has 0 radical (unpaired) electrons. The molecule has 20 heavy (non-hydrogen) atoms. The van der Waals surface area contributed by atoms with Crippen molar-refractivity contribution < 1.29 is 4.74 Å². The molecule has 0 amide bonds. The Bertz CT molecular complexity index is 590. The van der Waals surface area contributed by atoms with Crippen LogP contribution in [0.15, 0.2) is 17.5 Å². The van der Waals surface area contributed by atoms with Crippen LogP contribution in [-0.2, 0) is 17.8 Å². The fraction of sp³-hybridized carbons (Fsp3) is 0.438. The second-order valence-electron chi connectivity index (χ2n) is 5.40. The molecule has 0 spiro atoms. The van der Waals surface area contributed by atoms with Gasteiger partial charge in [-0.1, -0.05) is 6.07 Å². The lowest BCUT2D eigenvalue weighted by atomic mass is 10.0. The fourth-order valence-electron chi connectivity index (χ4n) is 2.00. The van der Waals surface area contributed by atoms with E-state index in [1.807, 2.05) is 26.8 Å². The first kappa shape index (κ1) is 15.0. The largest absolute Gasteiger partial charge is 0.399 e. The summed E-state index contributed by atoms with van der Waals surface area (Å²) in [5.74, 6) is 0. The summed E-state index contributed by atoms with van der Waals surface area (Å²) >= 11 is 1.69. The Kier molecular flexibility index (Phi) is 4.78. The molecule has 2 N–H and O–H groups in total. The van der Waals surface area contributed by atoms with Crippen LogP contribution in [0.1, 0.15) is 41.2 Å². The van der Waals surface area contributed by atoms with Crippen LogP contribution in [0.25, 0.3) is 0 Å². The van der Waals surface area contributed by atoms with Gasteiger partial charge >= 0.3 is 0 Å². The summed E-state index contributed by atoms with van der Waals surface area (Å²) in [4.78, 5) is 4.63. The normalized spacial score (nSPS) is 11.2. The lowest BCUT2D eigenvalue weighted by molar-refractivity contribution is 0.0638. The van der Waals surface area contributed by atoms with E-state index < -0.39 is 0 Å². The molecule has 1 aromatic carbocycles. The average Bonchev–Trinajstić information content (AvgIpc) is 2.81. The highest BCUT2D eigenvalue weighted by Crippen LogP contribution is 2.22. The number of nitrogens with two attached hydrogens (primary N) is 1. The molecule has 1 heterocycles. The zero-order valence-electron chi connectivity index (χ0n) is 12.6. The predicted molar refractivity (Wildman–Crippen MR) is 85.2 cm³/mol. The van der Waals surface area contributed by atoms with E-state index in [-0.39, 0.29) is 6.10 Å². The van der Waals surface area contributed by atoms with Crippen molar-refractivity contribution in [1.82, 2.24) is 4.98 Å². The van der Waals surface area contributed by atoms with Gasteiger partial charge < -0.3 is 10.5 Å². The van der Waals surface area contributed by atoms with Gasteiger partial charge in [-0.2, -0.15) is 0 Å². The minimum atomic E-state index is 0.238. The Morgan fingerprint density at radius 1 is 1.25 bits per heavy atom. The van der Waals surface area contributed by atoms with E-state index in [1.165, 1.54) is 11.1 Å². The molecule has 0 fully saturated rings. The van der Waals surface area contributed by atoms with E-state index in [4.69, 9.17) is 10.5 Å². The number of aromatic nitrogens is 1. The molecule has 2 rings (SSSR count). The Hall–Kier alpha value is -1.39. The molecule has 0 aliphatic rings. The topological polar surface area (TPSA) is 48.1 Å². The maximum atomic E-state index is 5.93. The zero-order chi connectivity index (χ0) is 14.7. The van der Waals surface area contributed by atoms with Crippen LogP contribution in [0.4, 0.5) is 5.69 Å². The summed E-state index contributed by atoms with van der Waals surface area (Å²) in [6.07, 6.45) is 1.10. The van der Waals surface area contributed by atoms with Gasteiger partial charge in [0.1, 0.15) is 0 Å². The van der Waals surface area contributed by atoms with Crippen LogP contribution in [0.5, 0.6) is 0 Å². The first-order valence-electron chi connectivity index (χ1n) is 6.86. The summed E-state index contributed by atoms with van der Waals surface area (Å²) in [5, 5.41) is 3.21. The number of thiazole rings is 1. The van der Waals surface area contributed by atoms with E-state index in [2.05, 4.69) is 23.4 Å². The minimum Gasteiger partial charge on any atom is -0.399 e. The van der Waals surface area contributed by atoms with Gasteiger partial charge in [0.2, 0.25) is 0 Å². The standard InChI is InChI=1S/C16H22N2OS/c1-10(2)19-8-14-9-20-16(18-14)7-13-5-12(4)15(17)6-11(13)3/h5-6,9-10H,7-8,17H2,1-4H3. The average molecular weight is 290 g/mol. The number of anilines is 1. The molecule has 1 aromatic heterocycles. The summed E-state index contributed by atoms with van der Waals surface area (Å²) in [5.41, 5.74) is 11.4. The number of nitrogens with zero attached hydrogens (tertiary/aromatic N) is 1. The van der Waals surface area contributed by atoms with Gasteiger partial charge in [-0.15, -0.1) is 11.3 Å². The zero-order valence-corrected chi connectivity index (χ0v) is 13.4. The van der Waals surface area contributed by atoms with Gasteiger partial charge in [0.05, 0.1) is 23.4 Å². The number of ether oxygens (including phenoxy) is 1. The fourth-order valence-corrected chi connectivity index (χ4v) is 2.80. The van der Waals surface area contributed by atoms with Crippen LogP contribution >= 0.6 is 11.3 Å². The predicted octanol–water partition coefficient (Wildman–Crippen LogP) is 3.86. The molecule has 0 aliphatic heterocycles. The van der Waals surface area contributed by atoms with Crippen molar-refractivity contribution in [2.24, 2.45) is 0 Å². The summed E-state index contributed by atoms with van der Waals surface area (Å²) < 4.78 is 5.58. The van der Waals surface area contributed by atoms with Crippen molar-refractivity contribution in [2.45, 2.75) is 46.8 Å². The molecule has 0 atom stereocenters. The molecule has 0 saturated heterocycles. The van der Waals surface area contributed by atoms with E-state index in [0.717, 1.165) is 28.4 Å². The summed E-state index contributed by atoms with van der Waals surface area (Å²) in [7, 11) is 0. The van der Waals surface area contributed by atoms with Gasteiger partial charge in [-0.3, -0.25) is 0 Å². The molecule has 0 aliphatic carbocycles. The number of benzene rings is 1. The molecule has 0 bridgehead atoms. The van der Waals surface area contributed by atoms with Crippen LogP contribution in [0, 0.1) is 13.8 Å². The molecule has 2 aromatic rings. The molecule has 3 nitrogen and oxygen atoms in total.